The second kappa shape index (κ2) is 13.3. The van der Waals surface area contributed by atoms with Crippen LogP contribution in [-0.4, -0.2) is 49.3 Å². The molecule has 2 fully saturated rings. The molecule has 44 heavy (non-hydrogen) atoms. The molecule has 1 aliphatic heterocycles. The van der Waals surface area contributed by atoms with Crippen LogP contribution in [-0.2, 0) is 29.1 Å². The monoisotopic (exact) mass is 599 g/mol. The highest BCUT2D eigenvalue weighted by Gasteiger charge is 2.24. The average molecular weight is 600 g/mol. The number of imidazole rings is 1. The van der Waals surface area contributed by atoms with Crippen LogP contribution in [0.25, 0.3) is 28.1 Å². The maximum Gasteiger partial charge on any atom is 0.332 e. The van der Waals surface area contributed by atoms with Crippen molar-refractivity contribution in [1.82, 2.24) is 23.7 Å². The van der Waals surface area contributed by atoms with Gasteiger partial charge in [0.05, 0.1) is 6.61 Å². The van der Waals surface area contributed by atoms with Gasteiger partial charge in [0.25, 0.3) is 5.56 Å². The third kappa shape index (κ3) is 6.27. The first kappa shape index (κ1) is 30.0. The predicted octanol–water partition coefficient (Wildman–Crippen LogP) is 5.39. The van der Waals surface area contributed by atoms with Crippen molar-refractivity contribution in [3.8, 4) is 17.3 Å². The molecule has 0 spiro atoms. The molecule has 232 valence electrons. The number of pyridine rings is 1. The molecule has 1 unspecified atom stereocenters. The van der Waals surface area contributed by atoms with Crippen LogP contribution in [0.3, 0.4) is 0 Å². The van der Waals surface area contributed by atoms with Crippen LogP contribution < -0.4 is 16.0 Å². The number of fused-ring (bicyclic) bond motifs is 1. The van der Waals surface area contributed by atoms with Crippen molar-refractivity contribution in [3.63, 3.8) is 0 Å². The van der Waals surface area contributed by atoms with Crippen molar-refractivity contribution in [2.75, 3.05) is 13.2 Å². The number of benzene rings is 1. The Morgan fingerprint density at radius 1 is 1.02 bits per heavy atom. The average Bonchev–Trinajstić information content (AvgIpc) is 3.38. The lowest BCUT2D eigenvalue weighted by molar-refractivity contribution is -0.163. The van der Waals surface area contributed by atoms with Gasteiger partial charge in [0, 0.05) is 44.1 Å². The van der Waals surface area contributed by atoms with E-state index in [1.807, 2.05) is 54.8 Å². The first-order chi connectivity index (χ1) is 21.4. The molecular formula is C34H41N5O5. The molecule has 1 atom stereocenters. The summed E-state index contributed by atoms with van der Waals surface area (Å²) < 4.78 is 22.3. The quantitative estimate of drug-likeness (QED) is 0.201. The lowest BCUT2D eigenvalue weighted by Crippen LogP contribution is -2.40. The summed E-state index contributed by atoms with van der Waals surface area (Å²) in [5.41, 5.74) is 3.79. The lowest BCUT2D eigenvalue weighted by atomic mass is 9.96. The van der Waals surface area contributed by atoms with Crippen LogP contribution in [0.15, 0.2) is 58.8 Å². The van der Waals surface area contributed by atoms with Gasteiger partial charge in [-0.05, 0) is 76.0 Å². The molecule has 0 amide bonds. The highest BCUT2D eigenvalue weighted by atomic mass is 16.7. The van der Waals surface area contributed by atoms with E-state index in [1.165, 1.54) is 11.0 Å². The van der Waals surface area contributed by atoms with Gasteiger partial charge in [0.1, 0.15) is 11.9 Å². The van der Waals surface area contributed by atoms with Gasteiger partial charge in [0.15, 0.2) is 17.5 Å². The number of hydrogen-bond acceptors (Lipinski definition) is 7. The summed E-state index contributed by atoms with van der Waals surface area (Å²) >= 11 is 0. The minimum atomic E-state index is -0.372. The van der Waals surface area contributed by atoms with E-state index in [0.717, 1.165) is 54.4 Å². The van der Waals surface area contributed by atoms with Crippen LogP contribution in [0.2, 0.25) is 0 Å². The first-order valence-electron chi connectivity index (χ1n) is 15.8. The second-order valence-electron chi connectivity index (χ2n) is 11.7. The Hall–Kier alpha value is -4.02. The Kier molecular flexibility index (Phi) is 9.09. The second-order valence-corrected chi connectivity index (χ2v) is 11.7. The number of nitrogens with zero attached hydrogens (tertiary/aromatic N) is 5. The number of aryl methyl sites for hydroxylation is 1. The zero-order valence-electron chi connectivity index (χ0n) is 25.7. The molecule has 4 heterocycles. The van der Waals surface area contributed by atoms with Crippen molar-refractivity contribution < 1.29 is 14.2 Å². The van der Waals surface area contributed by atoms with E-state index in [-0.39, 0.29) is 30.2 Å². The van der Waals surface area contributed by atoms with Gasteiger partial charge in [-0.3, -0.25) is 13.9 Å². The molecule has 2 aliphatic rings. The Bertz CT molecular complexity index is 1730. The standard InChI is InChI=1S/C34H41N5O5/c1-4-37-32-30(33(40)38(34(37)41)18-8-20-43-29-11-5-6-19-42-29)39(22-24-12-14-25(15-13-24)23(2)3)31(36-32)26-16-17-28(35-21-26)44-27-9-7-10-27/h12-17,21,27,29H,2,4-11,18-20,22H2,1,3H3. The van der Waals surface area contributed by atoms with Crippen molar-refractivity contribution >= 4 is 16.7 Å². The summed E-state index contributed by atoms with van der Waals surface area (Å²) in [4.78, 5) is 37.2. The highest BCUT2D eigenvalue weighted by molar-refractivity contribution is 5.77. The molecule has 1 saturated heterocycles. The van der Waals surface area contributed by atoms with Crippen molar-refractivity contribution in [3.05, 3.63) is 81.1 Å². The van der Waals surface area contributed by atoms with E-state index in [1.54, 1.807) is 10.8 Å². The number of allylic oxidation sites excluding steroid dienone is 1. The van der Waals surface area contributed by atoms with E-state index in [9.17, 15) is 9.59 Å². The summed E-state index contributed by atoms with van der Waals surface area (Å²) in [6.07, 6.45) is 8.52. The minimum Gasteiger partial charge on any atom is -0.474 e. The van der Waals surface area contributed by atoms with Crippen LogP contribution in [0.1, 0.15) is 69.9 Å². The molecule has 0 radical (unpaired) electrons. The molecular weight excluding hydrogens is 558 g/mol. The van der Waals surface area contributed by atoms with Crippen molar-refractivity contribution in [1.29, 1.82) is 0 Å². The smallest absolute Gasteiger partial charge is 0.332 e. The predicted molar refractivity (Wildman–Crippen MR) is 170 cm³/mol. The van der Waals surface area contributed by atoms with Crippen LogP contribution in [0, 0.1) is 0 Å². The number of hydrogen-bond donors (Lipinski definition) is 0. The molecule has 4 aromatic rings. The summed E-state index contributed by atoms with van der Waals surface area (Å²) in [5.74, 6) is 1.14. The van der Waals surface area contributed by atoms with Crippen LogP contribution >= 0.6 is 0 Å². The van der Waals surface area contributed by atoms with Crippen LogP contribution in [0.4, 0.5) is 0 Å². The van der Waals surface area contributed by atoms with Gasteiger partial charge in [0.2, 0.25) is 5.88 Å². The summed E-state index contributed by atoms with van der Waals surface area (Å²) in [6, 6.07) is 11.9. The fourth-order valence-electron chi connectivity index (χ4n) is 5.75. The molecule has 1 aliphatic carbocycles. The highest BCUT2D eigenvalue weighted by Crippen LogP contribution is 2.28. The lowest BCUT2D eigenvalue weighted by Gasteiger charge is -2.25. The fraction of sp³-hybridized carbons (Fsp3) is 0.471. The molecule has 10 nitrogen and oxygen atoms in total. The van der Waals surface area contributed by atoms with Gasteiger partial charge < -0.3 is 18.8 Å². The Morgan fingerprint density at radius 3 is 2.48 bits per heavy atom. The molecule has 6 rings (SSSR count). The topological polar surface area (TPSA) is 102 Å². The summed E-state index contributed by atoms with van der Waals surface area (Å²) in [6.45, 7) is 10.0. The zero-order valence-corrected chi connectivity index (χ0v) is 25.7. The molecule has 0 bridgehead atoms. The number of aromatic nitrogens is 5. The van der Waals surface area contributed by atoms with Gasteiger partial charge in [-0.15, -0.1) is 0 Å². The van der Waals surface area contributed by atoms with E-state index < -0.39 is 0 Å². The maximum absolute atomic E-state index is 14.1. The van der Waals surface area contributed by atoms with Crippen LogP contribution in [0.5, 0.6) is 5.88 Å². The van der Waals surface area contributed by atoms with Crippen molar-refractivity contribution in [2.24, 2.45) is 0 Å². The molecule has 3 aromatic heterocycles. The Balaban J connectivity index is 1.38. The van der Waals surface area contributed by atoms with E-state index in [2.05, 4.69) is 11.6 Å². The van der Waals surface area contributed by atoms with Gasteiger partial charge in [-0.1, -0.05) is 36.4 Å². The summed E-state index contributed by atoms with van der Waals surface area (Å²) in [7, 11) is 0. The SMILES string of the molecule is C=C(C)c1ccc(Cn2c(-c3ccc(OC4CCC4)nc3)nc3c2c(=O)n(CCCOC2CCCCO2)c(=O)n3CC)cc1. The number of rotatable bonds is 12. The first-order valence-corrected chi connectivity index (χ1v) is 15.8. The van der Waals surface area contributed by atoms with E-state index >= 15 is 0 Å². The summed E-state index contributed by atoms with van der Waals surface area (Å²) in [5, 5.41) is 0. The molecule has 1 saturated carbocycles. The fourth-order valence-corrected chi connectivity index (χ4v) is 5.75. The maximum atomic E-state index is 14.1. The Morgan fingerprint density at radius 2 is 1.84 bits per heavy atom. The van der Waals surface area contributed by atoms with Crippen molar-refractivity contribution in [2.45, 2.75) is 90.8 Å². The third-order valence-electron chi connectivity index (χ3n) is 8.52. The molecule has 1 aromatic carbocycles. The van der Waals surface area contributed by atoms with E-state index in [4.69, 9.17) is 19.2 Å². The van der Waals surface area contributed by atoms with Gasteiger partial charge >= 0.3 is 5.69 Å². The molecule has 0 N–H and O–H groups in total. The molecule has 10 heteroatoms. The zero-order chi connectivity index (χ0) is 30.6. The third-order valence-corrected chi connectivity index (χ3v) is 8.52. The Labute approximate surface area is 256 Å². The van der Waals surface area contributed by atoms with Gasteiger partial charge in [-0.25, -0.2) is 14.8 Å². The van der Waals surface area contributed by atoms with Gasteiger partial charge in [-0.2, -0.15) is 0 Å². The largest absolute Gasteiger partial charge is 0.474 e. The van der Waals surface area contributed by atoms with E-state index in [0.29, 0.717) is 55.6 Å². The minimum absolute atomic E-state index is 0.213. The normalized spacial score (nSPS) is 17.1. The number of ether oxygens (including phenoxy) is 3.